The number of aliphatic carboxylic acids is 1. The largest absolute Gasteiger partial charge is 0.497 e. The van der Waals surface area contributed by atoms with Crippen molar-refractivity contribution < 1.29 is 19.2 Å². The zero-order valence-corrected chi connectivity index (χ0v) is 13.1. The highest BCUT2D eigenvalue weighted by Crippen LogP contribution is 2.27. The molecule has 0 saturated heterocycles. The smallest absolute Gasteiger partial charge is 0.305 e. The molecule has 8 heteroatoms. The number of benzene rings is 1. The summed E-state index contributed by atoms with van der Waals surface area (Å²) in [6.07, 6.45) is -0.173. The monoisotopic (exact) mass is 329 g/mol. The summed E-state index contributed by atoms with van der Waals surface area (Å²) in [5.41, 5.74) is 0.755. The predicted molar refractivity (Wildman–Crippen MR) is 85.0 cm³/mol. The van der Waals surface area contributed by atoms with Crippen molar-refractivity contribution in [2.24, 2.45) is 0 Å². The van der Waals surface area contributed by atoms with Crippen molar-refractivity contribution >= 4 is 17.1 Å². The first-order valence-corrected chi connectivity index (χ1v) is 7.24. The van der Waals surface area contributed by atoms with Crippen LogP contribution in [0.1, 0.15) is 12.2 Å². The summed E-state index contributed by atoms with van der Waals surface area (Å²) >= 11 is 0. The van der Waals surface area contributed by atoms with Crippen LogP contribution in [0.15, 0.2) is 33.6 Å². The maximum absolute atomic E-state index is 12.8. The molecule has 0 aliphatic rings. The second-order valence-electron chi connectivity index (χ2n) is 5.20. The maximum atomic E-state index is 12.8. The molecule has 0 saturated carbocycles. The SMILES string of the molecule is COc1cccc(-c2noc3nc(C)n(CCC(=O)O)c(=O)c23)c1. The molecule has 2 heterocycles. The number of aryl methyl sites for hydroxylation is 1. The van der Waals surface area contributed by atoms with E-state index in [0.29, 0.717) is 22.8 Å². The van der Waals surface area contributed by atoms with E-state index >= 15 is 0 Å². The van der Waals surface area contributed by atoms with Gasteiger partial charge in [0, 0.05) is 12.1 Å². The second kappa shape index (κ2) is 6.15. The van der Waals surface area contributed by atoms with Crippen LogP contribution < -0.4 is 10.3 Å². The van der Waals surface area contributed by atoms with Gasteiger partial charge in [-0.1, -0.05) is 17.3 Å². The lowest BCUT2D eigenvalue weighted by molar-refractivity contribution is -0.137. The van der Waals surface area contributed by atoms with Crippen molar-refractivity contribution in [1.82, 2.24) is 14.7 Å². The van der Waals surface area contributed by atoms with Crippen LogP contribution >= 0.6 is 0 Å². The van der Waals surface area contributed by atoms with Gasteiger partial charge in [0.1, 0.15) is 22.7 Å². The Hall–Kier alpha value is -3.16. The summed E-state index contributed by atoms with van der Waals surface area (Å²) in [5, 5.41) is 13.0. The maximum Gasteiger partial charge on any atom is 0.305 e. The van der Waals surface area contributed by atoms with Gasteiger partial charge in [-0.15, -0.1) is 0 Å². The number of ether oxygens (including phenoxy) is 1. The molecule has 1 aromatic carbocycles. The summed E-state index contributed by atoms with van der Waals surface area (Å²) < 4.78 is 11.7. The first kappa shape index (κ1) is 15.7. The average molecular weight is 329 g/mol. The third-order valence-corrected chi connectivity index (χ3v) is 3.68. The van der Waals surface area contributed by atoms with Gasteiger partial charge in [0.2, 0.25) is 0 Å². The van der Waals surface area contributed by atoms with Crippen LogP contribution in [-0.2, 0) is 11.3 Å². The number of carbonyl (C=O) groups is 1. The van der Waals surface area contributed by atoms with Crippen molar-refractivity contribution in [3.05, 3.63) is 40.4 Å². The molecular formula is C16H15N3O5. The summed E-state index contributed by atoms with van der Waals surface area (Å²) in [5.74, 6) is 0.0109. The lowest BCUT2D eigenvalue weighted by Crippen LogP contribution is -2.25. The summed E-state index contributed by atoms with van der Waals surface area (Å²) in [6.45, 7) is 1.65. The molecule has 124 valence electrons. The van der Waals surface area contributed by atoms with Crippen LogP contribution in [0, 0.1) is 6.92 Å². The Morgan fingerprint density at radius 1 is 1.42 bits per heavy atom. The van der Waals surface area contributed by atoms with Gasteiger partial charge in [-0.2, -0.15) is 4.98 Å². The standard InChI is InChI=1S/C16H15N3O5/c1-9-17-15-13(16(22)19(9)7-6-12(20)21)14(18-24-15)10-4-3-5-11(8-10)23-2/h3-5,8H,6-7H2,1-2H3,(H,20,21). The molecule has 1 N–H and O–H groups in total. The normalized spacial score (nSPS) is 10.9. The molecule has 8 nitrogen and oxygen atoms in total. The molecule has 0 aliphatic heterocycles. The molecule has 0 unspecified atom stereocenters. The van der Waals surface area contributed by atoms with Crippen molar-refractivity contribution in [2.45, 2.75) is 19.9 Å². The van der Waals surface area contributed by atoms with Gasteiger partial charge < -0.3 is 14.4 Å². The van der Waals surface area contributed by atoms with Crippen LogP contribution in [0.3, 0.4) is 0 Å². The van der Waals surface area contributed by atoms with E-state index in [1.54, 1.807) is 38.3 Å². The minimum Gasteiger partial charge on any atom is -0.497 e. The van der Waals surface area contributed by atoms with E-state index in [9.17, 15) is 9.59 Å². The Labute approximate surface area is 136 Å². The van der Waals surface area contributed by atoms with Crippen molar-refractivity contribution in [3.8, 4) is 17.0 Å². The Morgan fingerprint density at radius 2 is 2.21 bits per heavy atom. The second-order valence-corrected chi connectivity index (χ2v) is 5.20. The number of hydrogen-bond acceptors (Lipinski definition) is 6. The predicted octanol–water partition coefficient (Wildman–Crippen LogP) is 1.84. The molecule has 0 bridgehead atoms. The van der Waals surface area contributed by atoms with E-state index in [-0.39, 0.29) is 29.6 Å². The van der Waals surface area contributed by atoms with Gasteiger partial charge >= 0.3 is 5.97 Å². The van der Waals surface area contributed by atoms with Crippen molar-refractivity contribution in [3.63, 3.8) is 0 Å². The number of carboxylic acids is 1. The Kier molecular flexibility index (Phi) is 4.03. The van der Waals surface area contributed by atoms with Crippen molar-refractivity contribution in [1.29, 1.82) is 0 Å². The van der Waals surface area contributed by atoms with Gasteiger partial charge in [-0.25, -0.2) is 0 Å². The fraction of sp³-hybridized carbons (Fsp3) is 0.250. The zero-order chi connectivity index (χ0) is 17.3. The van der Waals surface area contributed by atoms with Crippen LogP contribution in [0.2, 0.25) is 0 Å². The number of hydrogen-bond donors (Lipinski definition) is 1. The minimum absolute atomic E-state index is 0.0334. The van der Waals surface area contributed by atoms with Gasteiger partial charge in [0.25, 0.3) is 11.3 Å². The minimum atomic E-state index is -0.986. The van der Waals surface area contributed by atoms with Crippen LogP contribution in [-0.4, -0.2) is 32.9 Å². The number of nitrogens with zero attached hydrogens (tertiary/aromatic N) is 3. The quantitative estimate of drug-likeness (QED) is 0.761. The lowest BCUT2D eigenvalue weighted by atomic mass is 10.1. The van der Waals surface area contributed by atoms with Crippen LogP contribution in [0.4, 0.5) is 0 Å². The Morgan fingerprint density at radius 3 is 2.92 bits per heavy atom. The van der Waals surface area contributed by atoms with Crippen LogP contribution in [0.5, 0.6) is 5.75 Å². The van der Waals surface area contributed by atoms with Gasteiger partial charge in [0.15, 0.2) is 0 Å². The van der Waals surface area contributed by atoms with Gasteiger partial charge in [-0.05, 0) is 19.1 Å². The molecule has 3 aromatic rings. The van der Waals surface area contributed by atoms with E-state index in [1.165, 1.54) is 4.57 Å². The lowest BCUT2D eigenvalue weighted by Gasteiger charge is -2.07. The van der Waals surface area contributed by atoms with Gasteiger partial charge in [-0.3, -0.25) is 14.2 Å². The van der Waals surface area contributed by atoms with E-state index < -0.39 is 5.97 Å². The van der Waals surface area contributed by atoms with Crippen molar-refractivity contribution in [2.75, 3.05) is 7.11 Å². The summed E-state index contributed by atoms with van der Waals surface area (Å²) in [6, 6.07) is 7.07. The summed E-state index contributed by atoms with van der Waals surface area (Å²) in [4.78, 5) is 27.8. The van der Waals surface area contributed by atoms with E-state index in [1.807, 2.05) is 0 Å². The Bertz CT molecular complexity index is 973. The number of methoxy groups -OCH3 is 1. The summed E-state index contributed by atoms with van der Waals surface area (Å²) in [7, 11) is 1.55. The fourth-order valence-electron chi connectivity index (χ4n) is 2.48. The number of carboxylic acid groups (broad SMARTS) is 1. The fourth-order valence-corrected chi connectivity index (χ4v) is 2.48. The van der Waals surface area contributed by atoms with Crippen LogP contribution in [0.25, 0.3) is 22.4 Å². The molecule has 0 spiro atoms. The number of aromatic nitrogens is 3. The highest BCUT2D eigenvalue weighted by molar-refractivity contribution is 5.89. The molecule has 0 atom stereocenters. The third-order valence-electron chi connectivity index (χ3n) is 3.68. The third kappa shape index (κ3) is 2.73. The topological polar surface area (TPSA) is 107 Å². The van der Waals surface area contributed by atoms with E-state index in [0.717, 1.165) is 0 Å². The molecule has 24 heavy (non-hydrogen) atoms. The Balaban J connectivity index is 2.18. The number of rotatable bonds is 5. The molecule has 0 radical (unpaired) electrons. The molecule has 3 rings (SSSR count). The molecule has 0 aliphatic carbocycles. The van der Waals surface area contributed by atoms with E-state index in [2.05, 4.69) is 10.1 Å². The first-order valence-electron chi connectivity index (χ1n) is 7.24. The average Bonchev–Trinajstić information content (AvgIpc) is 2.98. The highest BCUT2D eigenvalue weighted by atomic mass is 16.5. The molecule has 2 aromatic heterocycles. The molecular weight excluding hydrogens is 314 g/mol. The molecule has 0 amide bonds. The molecule has 0 fully saturated rings. The van der Waals surface area contributed by atoms with E-state index in [4.69, 9.17) is 14.4 Å². The van der Waals surface area contributed by atoms with Gasteiger partial charge in [0.05, 0.1) is 13.5 Å². The highest BCUT2D eigenvalue weighted by Gasteiger charge is 2.19. The number of fused-ring (bicyclic) bond motifs is 1. The first-order chi connectivity index (χ1) is 11.5. The zero-order valence-electron chi connectivity index (χ0n) is 13.1.